The van der Waals surface area contributed by atoms with Gasteiger partial charge >= 0.3 is 0 Å². The number of rotatable bonds is 6. The number of likely N-dealkylation sites (N-methyl/N-ethyl adjacent to an activating group) is 2. The molecule has 0 aliphatic rings. The number of aryl methyl sites for hydroxylation is 1. The molecule has 1 rings (SSSR count). The van der Waals surface area contributed by atoms with Gasteiger partial charge in [-0.2, -0.15) is 0 Å². The second kappa shape index (κ2) is 6.50. The Labute approximate surface area is 105 Å². The number of anilines is 1. The van der Waals surface area contributed by atoms with Crippen LogP contribution in [-0.2, 0) is 0 Å². The fourth-order valence-corrected chi connectivity index (χ4v) is 1.67. The van der Waals surface area contributed by atoms with E-state index in [1.807, 2.05) is 20.9 Å². The lowest BCUT2D eigenvalue weighted by molar-refractivity contribution is 0.241. The van der Waals surface area contributed by atoms with E-state index in [9.17, 15) is 0 Å². The molecule has 1 aromatic carbocycles. The molecule has 0 aliphatic carbocycles. The van der Waals surface area contributed by atoms with Gasteiger partial charge in [0.15, 0.2) is 0 Å². The van der Waals surface area contributed by atoms with Crippen LogP contribution in [0.5, 0.6) is 5.75 Å². The number of hydrogen-bond acceptors (Lipinski definition) is 3. The molecule has 0 unspecified atom stereocenters. The van der Waals surface area contributed by atoms with Crippen molar-refractivity contribution in [3.8, 4) is 5.75 Å². The molecule has 0 saturated heterocycles. The number of nitrogens with zero attached hydrogens (tertiary/aromatic N) is 1. The molecule has 0 aliphatic heterocycles. The first kappa shape index (κ1) is 13.8. The van der Waals surface area contributed by atoms with Crippen molar-refractivity contribution in [3.63, 3.8) is 0 Å². The van der Waals surface area contributed by atoms with E-state index in [2.05, 4.69) is 42.4 Å². The minimum Gasteiger partial charge on any atom is -0.491 e. The van der Waals surface area contributed by atoms with E-state index < -0.39 is 0 Å². The summed E-state index contributed by atoms with van der Waals surface area (Å²) in [5.74, 6) is 0.978. The van der Waals surface area contributed by atoms with E-state index in [1.54, 1.807) is 0 Å². The molecule has 1 aromatic rings. The van der Waals surface area contributed by atoms with Crippen molar-refractivity contribution in [2.75, 3.05) is 32.1 Å². The van der Waals surface area contributed by atoms with Crippen LogP contribution in [0.2, 0.25) is 0 Å². The first-order valence-electron chi connectivity index (χ1n) is 6.17. The Morgan fingerprint density at radius 3 is 2.59 bits per heavy atom. The monoisotopic (exact) mass is 236 g/mol. The molecule has 0 bridgehead atoms. The number of benzene rings is 1. The number of hydrogen-bond donors (Lipinski definition) is 1. The molecule has 0 amide bonds. The van der Waals surface area contributed by atoms with Crippen LogP contribution in [0.1, 0.15) is 19.4 Å². The van der Waals surface area contributed by atoms with E-state index in [1.165, 1.54) is 11.3 Å². The smallest absolute Gasteiger partial charge is 0.122 e. The quantitative estimate of drug-likeness (QED) is 0.821. The summed E-state index contributed by atoms with van der Waals surface area (Å²) in [5.41, 5.74) is 2.42. The average Bonchev–Trinajstić information content (AvgIpc) is 2.28. The Kier molecular flexibility index (Phi) is 5.29. The van der Waals surface area contributed by atoms with Crippen molar-refractivity contribution >= 4 is 5.69 Å². The fraction of sp³-hybridized carbons (Fsp3) is 0.571. The lowest BCUT2D eigenvalue weighted by Crippen LogP contribution is -2.27. The van der Waals surface area contributed by atoms with Gasteiger partial charge in [-0.1, -0.05) is 0 Å². The van der Waals surface area contributed by atoms with Crippen molar-refractivity contribution in [2.24, 2.45) is 0 Å². The molecule has 3 nitrogen and oxygen atoms in total. The molecule has 1 N–H and O–H groups in total. The lowest BCUT2D eigenvalue weighted by atomic mass is 10.2. The van der Waals surface area contributed by atoms with Crippen LogP contribution in [0.3, 0.4) is 0 Å². The highest BCUT2D eigenvalue weighted by Gasteiger charge is 2.05. The molecular formula is C14H24N2O. The van der Waals surface area contributed by atoms with Crippen LogP contribution in [0, 0.1) is 6.92 Å². The minimum atomic E-state index is 0.224. The Balaban J connectivity index is 2.73. The molecule has 0 atom stereocenters. The number of nitrogens with one attached hydrogen (secondary N) is 1. The molecule has 0 spiro atoms. The van der Waals surface area contributed by atoms with Crippen molar-refractivity contribution in [1.82, 2.24) is 5.32 Å². The van der Waals surface area contributed by atoms with Gasteiger partial charge in [-0.25, -0.2) is 0 Å². The Morgan fingerprint density at radius 1 is 1.35 bits per heavy atom. The van der Waals surface area contributed by atoms with Gasteiger partial charge in [-0.3, -0.25) is 0 Å². The molecule has 0 fully saturated rings. The highest BCUT2D eigenvalue weighted by Crippen LogP contribution is 2.24. The van der Waals surface area contributed by atoms with E-state index in [0.29, 0.717) is 0 Å². The van der Waals surface area contributed by atoms with Crippen LogP contribution in [0.15, 0.2) is 18.2 Å². The van der Waals surface area contributed by atoms with E-state index in [-0.39, 0.29) is 6.10 Å². The topological polar surface area (TPSA) is 24.5 Å². The van der Waals surface area contributed by atoms with Gasteiger partial charge in [0.25, 0.3) is 0 Å². The first-order chi connectivity index (χ1) is 8.04. The van der Waals surface area contributed by atoms with Gasteiger partial charge < -0.3 is 15.0 Å². The van der Waals surface area contributed by atoms with E-state index in [4.69, 9.17) is 4.74 Å². The normalized spacial score (nSPS) is 10.7. The molecule has 17 heavy (non-hydrogen) atoms. The maximum absolute atomic E-state index is 5.73. The summed E-state index contributed by atoms with van der Waals surface area (Å²) >= 11 is 0. The zero-order valence-electron chi connectivity index (χ0n) is 11.6. The van der Waals surface area contributed by atoms with E-state index in [0.717, 1.165) is 18.8 Å². The van der Waals surface area contributed by atoms with Gasteiger partial charge in [-0.05, 0) is 51.6 Å². The van der Waals surface area contributed by atoms with Crippen LogP contribution in [-0.4, -0.2) is 33.3 Å². The molecule has 0 heterocycles. The Morgan fingerprint density at radius 2 is 2.06 bits per heavy atom. The van der Waals surface area contributed by atoms with Crippen molar-refractivity contribution in [2.45, 2.75) is 26.9 Å². The second-order valence-corrected chi connectivity index (χ2v) is 4.64. The van der Waals surface area contributed by atoms with Gasteiger partial charge in [0, 0.05) is 25.8 Å². The summed E-state index contributed by atoms with van der Waals surface area (Å²) in [4.78, 5) is 2.24. The maximum Gasteiger partial charge on any atom is 0.122 e. The van der Waals surface area contributed by atoms with E-state index >= 15 is 0 Å². The van der Waals surface area contributed by atoms with Crippen LogP contribution in [0.4, 0.5) is 5.69 Å². The average molecular weight is 236 g/mol. The SMILES string of the molecule is CNCCN(C)c1ccc(OC(C)C)c(C)c1. The Hall–Kier alpha value is -1.22. The standard InChI is InChI=1S/C14H24N2O/c1-11(2)17-14-7-6-13(10-12(14)3)16(5)9-8-15-4/h6-7,10-11,15H,8-9H2,1-5H3. The zero-order chi connectivity index (χ0) is 12.8. The van der Waals surface area contributed by atoms with Crippen molar-refractivity contribution in [1.29, 1.82) is 0 Å². The molecule has 0 aromatic heterocycles. The third kappa shape index (κ3) is 4.27. The predicted octanol–water partition coefficient (Wildman–Crippen LogP) is 2.44. The van der Waals surface area contributed by atoms with Gasteiger partial charge in [0.05, 0.1) is 6.10 Å². The number of ether oxygens (including phenoxy) is 1. The summed E-state index contributed by atoms with van der Waals surface area (Å²) in [5, 5.41) is 3.15. The third-order valence-corrected chi connectivity index (χ3v) is 2.66. The third-order valence-electron chi connectivity index (χ3n) is 2.66. The minimum absolute atomic E-state index is 0.224. The summed E-state index contributed by atoms with van der Waals surface area (Å²) in [6.45, 7) is 8.17. The van der Waals surface area contributed by atoms with Crippen LogP contribution < -0.4 is 15.0 Å². The highest BCUT2D eigenvalue weighted by atomic mass is 16.5. The second-order valence-electron chi connectivity index (χ2n) is 4.64. The van der Waals surface area contributed by atoms with Crippen LogP contribution >= 0.6 is 0 Å². The van der Waals surface area contributed by atoms with Crippen LogP contribution in [0.25, 0.3) is 0 Å². The summed E-state index contributed by atoms with van der Waals surface area (Å²) < 4.78 is 5.73. The molecule has 3 heteroatoms. The predicted molar refractivity (Wildman–Crippen MR) is 74.1 cm³/mol. The first-order valence-corrected chi connectivity index (χ1v) is 6.17. The lowest BCUT2D eigenvalue weighted by Gasteiger charge is -2.21. The highest BCUT2D eigenvalue weighted by molar-refractivity contribution is 5.52. The Bertz CT molecular complexity index is 350. The maximum atomic E-state index is 5.73. The summed E-state index contributed by atoms with van der Waals surface area (Å²) in [7, 11) is 4.08. The van der Waals surface area contributed by atoms with Gasteiger partial charge in [0.2, 0.25) is 0 Å². The summed E-state index contributed by atoms with van der Waals surface area (Å²) in [6, 6.07) is 6.34. The molecule has 96 valence electrons. The van der Waals surface area contributed by atoms with Gasteiger partial charge in [-0.15, -0.1) is 0 Å². The van der Waals surface area contributed by atoms with Crippen molar-refractivity contribution in [3.05, 3.63) is 23.8 Å². The summed E-state index contributed by atoms with van der Waals surface area (Å²) in [6.07, 6.45) is 0.224. The fourth-order valence-electron chi connectivity index (χ4n) is 1.67. The largest absolute Gasteiger partial charge is 0.491 e. The zero-order valence-corrected chi connectivity index (χ0v) is 11.6. The van der Waals surface area contributed by atoms with Gasteiger partial charge in [0.1, 0.15) is 5.75 Å². The molecule has 0 radical (unpaired) electrons. The molecular weight excluding hydrogens is 212 g/mol. The van der Waals surface area contributed by atoms with Crippen molar-refractivity contribution < 1.29 is 4.74 Å². The molecule has 0 saturated carbocycles.